The van der Waals surface area contributed by atoms with E-state index in [1.165, 1.54) is 14.2 Å². The molecule has 0 aromatic carbocycles. The Bertz CT molecular complexity index is 281. The summed E-state index contributed by atoms with van der Waals surface area (Å²) < 4.78 is 14.8. The molecule has 2 fully saturated rings. The Hall–Kier alpha value is -1.10. The van der Waals surface area contributed by atoms with Crippen LogP contribution in [0.4, 0.5) is 0 Å². The summed E-state index contributed by atoms with van der Waals surface area (Å²) in [6, 6.07) is 0. The van der Waals surface area contributed by atoms with Gasteiger partial charge in [-0.25, -0.2) is 0 Å². The quantitative estimate of drug-likeness (QED) is 0.505. The van der Waals surface area contributed by atoms with Crippen LogP contribution >= 0.6 is 0 Å². The smallest absolute Gasteiger partial charge is 0.323 e. The second-order valence-corrected chi connectivity index (χ2v) is 4.53. The fourth-order valence-corrected chi connectivity index (χ4v) is 2.88. The van der Waals surface area contributed by atoms with Crippen LogP contribution < -0.4 is 0 Å². The Morgan fingerprint density at radius 2 is 1.50 bits per heavy atom. The van der Waals surface area contributed by atoms with Crippen molar-refractivity contribution in [1.82, 2.24) is 0 Å². The van der Waals surface area contributed by atoms with E-state index in [1.54, 1.807) is 0 Å². The minimum absolute atomic E-state index is 0.276. The van der Waals surface area contributed by atoms with Crippen molar-refractivity contribution in [3.05, 3.63) is 0 Å². The van der Waals surface area contributed by atoms with Crippen LogP contribution in [0.5, 0.6) is 0 Å². The minimum atomic E-state index is -1.09. The van der Waals surface area contributed by atoms with E-state index in [0.29, 0.717) is 26.1 Å². The summed E-state index contributed by atoms with van der Waals surface area (Å²) in [6.45, 7) is 1.25. The lowest BCUT2D eigenvalue weighted by Crippen LogP contribution is -2.39. The lowest BCUT2D eigenvalue weighted by Gasteiger charge is -2.23. The molecule has 1 aliphatic heterocycles. The molecule has 0 aromatic rings. The van der Waals surface area contributed by atoms with E-state index in [9.17, 15) is 9.59 Å². The number of methoxy groups -OCH3 is 2. The van der Waals surface area contributed by atoms with E-state index >= 15 is 0 Å². The molecule has 2 aliphatic rings. The molecule has 2 rings (SSSR count). The third-order valence-corrected chi connectivity index (χ3v) is 3.70. The summed E-state index contributed by atoms with van der Waals surface area (Å²) >= 11 is 0. The number of ether oxygens (including phenoxy) is 3. The number of carbonyl (C=O) groups excluding carboxylic acids is 2. The Morgan fingerprint density at radius 1 is 1.06 bits per heavy atom. The van der Waals surface area contributed by atoms with Crippen LogP contribution in [0.15, 0.2) is 0 Å². The summed E-state index contributed by atoms with van der Waals surface area (Å²) in [5, 5.41) is 0. The van der Waals surface area contributed by atoms with E-state index in [1.807, 2.05) is 0 Å². The molecule has 1 aliphatic carbocycles. The number of fused-ring (bicyclic) bond motifs is 1. The van der Waals surface area contributed by atoms with Gasteiger partial charge in [-0.2, -0.15) is 0 Å². The standard InChI is InChI=1S/C11H16O5/c1-14-9(12)11(10(13)15-2)3-7-5-16-6-8(7)4-11/h7-8H,3-6H2,1-2H3/t7-,8+. The first-order valence-electron chi connectivity index (χ1n) is 5.38. The molecule has 16 heavy (non-hydrogen) atoms. The van der Waals surface area contributed by atoms with Gasteiger partial charge in [-0.05, 0) is 24.7 Å². The van der Waals surface area contributed by atoms with Crippen LogP contribution in [-0.2, 0) is 23.8 Å². The normalized spacial score (nSPS) is 30.9. The molecule has 5 nitrogen and oxygen atoms in total. The summed E-state index contributed by atoms with van der Waals surface area (Å²) in [5.41, 5.74) is -1.09. The van der Waals surface area contributed by atoms with Crippen molar-refractivity contribution < 1.29 is 23.8 Å². The zero-order valence-electron chi connectivity index (χ0n) is 9.52. The third-order valence-electron chi connectivity index (χ3n) is 3.70. The van der Waals surface area contributed by atoms with Crippen LogP contribution in [0.25, 0.3) is 0 Å². The molecule has 0 unspecified atom stereocenters. The first-order valence-corrected chi connectivity index (χ1v) is 5.38. The summed E-state index contributed by atoms with van der Waals surface area (Å²) in [5.74, 6) is -0.404. The van der Waals surface area contributed by atoms with Gasteiger partial charge in [0.15, 0.2) is 5.41 Å². The predicted molar refractivity (Wildman–Crippen MR) is 53.5 cm³/mol. The van der Waals surface area contributed by atoms with Crippen LogP contribution in [0.2, 0.25) is 0 Å². The van der Waals surface area contributed by atoms with Gasteiger partial charge < -0.3 is 14.2 Å². The van der Waals surface area contributed by atoms with Gasteiger partial charge in [0.2, 0.25) is 0 Å². The molecule has 2 atom stereocenters. The molecular weight excluding hydrogens is 212 g/mol. The van der Waals surface area contributed by atoms with Crippen molar-refractivity contribution in [3.63, 3.8) is 0 Å². The fraction of sp³-hybridized carbons (Fsp3) is 0.818. The second kappa shape index (κ2) is 4.05. The van der Waals surface area contributed by atoms with Gasteiger partial charge in [-0.15, -0.1) is 0 Å². The Balaban J connectivity index is 2.24. The van der Waals surface area contributed by atoms with Crippen molar-refractivity contribution in [2.24, 2.45) is 17.3 Å². The van der Waals surface area contributed by atoms with Crippen LogP contribution in [-0.4, -0.2) is 39.4 Å². The zero-order valence-corrected chi connectivity index (χ0v) is 9.52. The number of hydrogen-bond acceptors (Lipinski definition) is 5. The van der Waals surface area contributed by atoms with Crippen molar-refractivity contribution in [1.29, 1.82) is 0 Å². The monoisotopic (exact) mass is 228 g/mol. The van der Waals surface area contributed by atoms with Crippen molar-refractivity contribution >= 4 is 11.9 Å². The lowest BCUT2D eigenvalue weighted by atomic mass is 9.85. The Kier molecular flexibility index (Phi) is 2.88. The molecule has 0 spiro atoms. The van der Waals surface area contributed by atoms with E-state index < -0.39 is 17.4 Å². The summed E-state index contributed by atoms with van der Waals surface area (Å²) in [7, 11) is 2.61. The van der Waals surface area contributed by atoms with Gasteiger partial charge in [0.1, 0.15) is 0 Å². The van der Waals surface area contributed by atoms with Gasteiger partial charge >= 0.3 is 11.9 Å². The number of rotatable bonds is 2. The van der Waals surface area contributed by atoms with Gasteiger partial charge in [0.05, 0.1) is 14.2 Å². The van der Waals surface area contributed by atoms with E-state index in [2.05, 4.69) is 0 Å². The number of esters is 2. The van der Waals surface area contributed by atoms with Gasteiger partial charge in [0, 0.05) is 13.2 Å². The average Bonchev–Trinajstić information content (AvgIpc) is 2.85. The van der Waals surface area contributed by atoms with Crippen LogP contribution in [0, 0.1) is 17.3 Å². The SMILES string of the molecule is COC(=O)C1(C(=O)OC)C[C@H]2COC[C@H]2C1. The van der Waals surface area contributed by atoms with Gasteiger partial charge in [-0.1, -0.05) is 0 Å². The first-order chi connectivity index (χ1) is 7.64. The zero-order chi connectivity index (χ0) is 11.8. The van der Waals surface area contributed by atoms with Gasteiger partial charge in [0.25, 0.3) is 0 Å². The molecular formula is C11H16O5. The molecule has 90 valence electrons. The highest BCUT2D eigenvalue weighted by molar-refractivity contribution is 6.00. The van der Waals surface area contributed by atoms with E-state index in [0.717, 1.165) is 0 Å². The number of carbonyl (C=O) groups is 2. The van der Waals surface area contributed by atoms with Crippen LogP contribution in [0.3, 0.4) is 0 Å². The number of hydrogen-bond donors (Lipinski definition) is 0. The molecule has 5 heteroatoms. The first kappa shape index (κ1) is 11.4. The average molecular weight is 228 g/mol. The lowest BCUT2D eigenvalue weighted by molar-refractivity contribution is -0.169. The molecule has 0 radical (unpaired) electrons. The van der Waals surface area contributed by atoms with Crippen molar-refractivity contribution in [2.75, 3.05) is 27.4 Å². The molecule has 0 bridgehead atoms. The molecule has 1 saturated heterocycles. The third kappa shape index (κ3) is 1.50. The second-order valence-electron chi connectivity index (χ2n) is 4.53. The Morgan fingerprint density at radius 3 is 1.88 bits per heavy atom. The van der Waals surface area contributed by atoms with E-state index in [4.69, 9.17) is 14.2 Å². The fourth-order valence-electron chi connectivity index (χ4n) is 2.88. The highest BCUT2D eigenvalue weighted by Gasteiger charge is 2.58. The highest BCUT2D eigenvalue weighted by Crippen LogP contribution is 2.49. The summed E-state index contributed by atoms with van der Waals surface area (Å²) in [6.07, 6.45) is 0.966. The van der Waals surface area contributed by atoms with Crippen molar-refractivity contribution in [3.8, 4) is 0 Å². The van der Waals surface area contributed by atoms with Gasteiger partial charge in [-0.3, -0.25) is 9.59 Å². The molecule has 0 aromatic heterocycles. The van der Waals surface area contributed by atoms with E-state index in [-0.39, 0.29) is 11.8 Å². The maximum absolute atomic E-state index is 11.8. The molecule has 0 amide bonds. The van der Waals surface area contributed by atoms with Crippen LogP contribution in [0.1, 0.15) is 12.8 Å². The highest BCUT2D eigenvalue weighted by atomic mass is 16.5. The Labute approximate surface area is 94.0 Å². The topological polar surface area (TPSA) is 61.8 Å². The molecule has 0 N–H and O–H groups in total. The van der Waals surface area contributed by atoms with Crippen molar-refractivity contribution in [2.45, 2.75) is 12.8 Å². The minimum Gasteiger partial charge on any atom is -0.468 e. The molecule has 1 heterocycles. The molecule has 1 saturated carbocycles. The largest absolute Gasteiger partial charge is 0.468 e. The summed E-state index contributed by atoms with van der Waals surface area (Å²) in [4.78, 5) is 23.6. The maximum atomic E-state index is 11.8. The maximum Gasteiger partial charge on any atom is 0.323 e. The predicted octanol–water partition coefficient (Wildman–Crippen LogP) is 0.375.